The average Bonchev–Trinajstić information content (AvgIpc) is 2.07. The number of benzene rings is 1. The van der Waals surface area contributed by atoms with Gasteiger partial charge in [-0.25, -0.2) is 0 Å². The van der Waals surface area contributed by atoms with E-state index in [1.54, 1.807) is 6.08 Å². The molecule has 1 rings (SSSR count). The van der Waals surface area contributed by atoms with Crippen LogP contribution in [0.2, 0.25) is 6.04 Å². The first-order valence-electron chi connectivity index (χ1n) is 3.68. The van der Waals surface area contributed by atoms with Gasteiger partial charge in [0.05, 0.1) is 0 Å². The van der Waals surface area contributed by atoms with Gasteiger partial charge < -0.3 is 4.80 Å². The molecule has 0 aliphatic heterocycles. The summed E-state index contributed by atoms with van der Waals surface area (Å²) in [5.41, 5.74) is 0. The SMILES string of the molecule is C=CC[SiH](O)c1ccccc1. The van der Waals surface area contributed by atoms with Crippen molar-refractivity contribution in [2.24, 2.45) is 0 Å². The molecule has 1 N–H and O–H groups in total. The zero-order chi connectivity index (χ0) is 8.10. The molecule has 1 aromatic rings. The zero-order valence-electron chi connectivity index (χ0n) is 6.40. The fourth-order valence-electron chi connectivity index (χ4n) is 0.969. The van der Waals surface area contributed by atoms with E-state index in [4.69, 9.17) is 0 Å². The van der Waals surface area contributed by atoms with Crippen LogP contribution in [-0.4, -0.2) is 13.8 Å². The lowest BCUT2D eigenvalue weighted by Crippen LogP contribution is -2.28. The van der Waals surface area contributed by atoms with Gasteiger partial charge in [0.15, 0.2) is 0 Å². The Kier molecular flexibility index (Phi) is 3.07. The molecule has 1 atom stereocenters. The van der Waals surface area contributed by atoms with Crippen LogP contribution in [0.1, 0.15) is 0 Å². The largest absolute Gasteiger partial charge is 0.430 e. The molecule has 58 valence electrons. The monoisotopic (exact) mass is 164 g/mol. The van der Waals surface area contributed by atoms with Crippen molar-refractivity contribution in [1.29, 1.82) is 0 Å². The number of rotatable bonds is 3. The summed E-state index contributed by atoms with van der Waals surface area (Å²) in [6.07, 6.45) is 1.78. The van der Waals surface area contributed by atoms with Gasteiger partial charge in [0.1, 0.15) is 0 Å². The summed E-state index contributed by atoms with van der Waals surface area (Å²) in [5.74, 6) is 0. The van der Waals surface area contributed by atoms with Gasteiger partial charge in [-0.15, -0.1) is 6.58 Å². The van der Waals surface area contributed by atoms with Gasteiger partial charge in [-0.05, 0) is 11.2 Å². The molecule has 0 aliphatic carbocycles. The summed E-state index contributed by atoms with van der Waals surface area (Å²) >= 11 is 0. The fourth-order valence-corrected chi connectivity index (χ4v) is 2.22. The Labute approximate surface area is 68.7 Å². The Balaban J connectivity index is 2.68. The third-order valence-electron chi connectivity index (χ3n) is 1.57. The Morgan fingerprint density at radius 2 is 2.00 bits per heavy atom. The van der Waals surface area contributed by atoms with Crippen molar-refractivity contribution in [3.63, 3.8) is 0 Å². The second-order valence-electron chi connectivity index (χ2n) is 2.45. The van der Waals surface area contributed by atoms with Crippen molar-refractivity contribution in [2.75, 3.05) is 0 Å². The van der Waals surface area contributed by atoms with Crippen LogP contribution in [0.5, 0.6) is 0 Å². The van der Waals surface area contributed by atoms with Crippen molar-refractivity contribution in [2.45, 2.75) is 6.04 Å². The van der Waals surface area contributed by atoms with Gasteiger partial charge in [0.25, 0.3) is 0 Å². The van der Waals surface area contributed by atoms with E-state index in [2.05, 4.69) is 6.58 Å². The standard InChI is InChI=1S/C9H12OSi/c1-2-8-11(10)9-6-4-3-5-7-9/h2-7,10-11H,1,8H2. The van der Waals surface area contributed by atoms with Gasteiger partial charge in [-0.2, -0.15) is 0 Å². The molecular weight excluding hydrogens is 152 g/mol. The number of allylic oxidation sites excluding steroid dienone is 1. The minimum atomic E-state index is -1.68. The van der Waals surface area contributed by atoms with Crippen molar-refractivity contribution < 1.29 is 4.80 Å². The first-order valence-corrected chi connectivity index (χ1v) is 5.59. The summed E-state index contributed by atoms with van der Waals surface area (Å²) in [6, 6.07) is 10.6. The first-order chi connectivity index (χ1) is 5.34. The molecule has 11 heavy (non-hydrogen) atoms. The smallest absolute Gasteiger partial charge is 0.207 e. The molecule has 0 saturated carbocycles. The van der Waals surface area contributed by atoms with Crippen molar-refractivity contribution in [1.82, 2.24) is 0 Å². The molecule has 0 fully saturated rings. The maximum atomic E-state index is 9.59. The topological polar surface area (TPSA) is 20.2 Å². The fraction of sp³-hybridized carbons (Fsp3) is 0.111. The van der Waals surface area contributed by atoms with Crippen LogP contribution in [-0.2, 0) is 0 Å². The highest BCUT2D eigenvalue weighted by Crippen LogP contribution is 1.91. The number of hydrogen-bond donors (Lipinski definition) is 1. The summed E-state index contributed by atoms with van der Waals surface area (Å²) in [6.45, 7) is 3.60. The van der Waals surface area contributed by atoms with Gasteiger partial charge in [0.2, 0.25) is 9.04 Å². The second-order valence-corrected chi connectivity index (χ2v) is 4.62. The summed E-state index contributed by atoms with van der Waals surface area (Å²) in [5, 5.41) is 1.09. The van der Waals surface area contributed by atoms with E-state index < -0.39 is 9.04 Å². The first kappa shape index (κ1) is 8.24. The summed E-state index contributed by atoms with van der Waals surface area (Å²) in [7, 11) is -1.68. The highest BCUT2D eigenvalue weighted by atomic mass is 28.3. The summed E-state index contributed by atoms with van der Waals surface area (Å²) < 4.78 is 0. The van der Waals surface area contributed by atoms with Crippen molar-refractivity contribution >= 4 is 14.2 Å². The van der Waals surface area contributed by atoms with E-state index in [0.717, 1.165) is 11.2 Å². The minimum absolute atomic E-state index is 0.754. The van der Waals surface area contributed by atoms with Crippen molar-refractivity contribution in [3.8, 4) is 0 Å². The lowest BCUT2D eigenvalue weighted by molar-refractivity contribution is 0.589. The average molecular weight is 164 g/mol. The Morgan fingerprint density at radius 1 is 1.36 bits per heavy atom. The van der Waals surface area contributed by atoms with E-state index in [1.807, 2.05) is 30.3 Å². The molecule has 0 amide bonds. The van der Waals surface area contributed by atoms with E-state index in [0.29, 0.717) is 0 Å². The minimum Gasteiger partial charge on any atom is -0.430 e. The third kappa shape index (κ3) is 2.33. The van der Waals surface area contributed by atoms with E-state index >= 15 is 0 Å². The molecule has 0 heterocycles. The normalized spacial score (nSPS) is 12.5. The van der Waals surface area contributed by atoms with Gasteiger partial charge in [-0.3, -0.25) is 0 Å². The van der Waals surface area contributed by atoms with Crippen LogP contribution >= 0.6 is 0 Å². The van der Waals surface area contributed by atoms with Crippen LogP contribution in [0.4, 0.5) is 0 Å². The molecule has 0 aliphatic rings. The van der Waals surface area contributed by atoms with Gasteiger partial charge >= 0.3 is 0 Å². The van der Waals surface area contributed by atoms with E-state index in [-0.39, 0.29) is 0 Å². The lowest BCUT2D eigenvalue weighted by atomic mass is 10.4. The third-order valence-corrected chi connectivity index (χ3v) is 3.51. The Bertz CT molecular complexity index is 220. The van der Waals surface area contributed by atoms with Crippen LogP contribution in [0, 0.1) is 0 Å². The van der Waals surface area contributed by atoms with Gasteiger partial charge in [0, 0.05) is 0 Å². The second kappa shape index (κ2) is 4.11. The quantitative estimate of drug-likeness (QED) is 0.517. The van der Waals surface area contributed by atoms with Crippen LogP contribution in [0.25, 0.3) is 0 Å². The lowest BCUT2D eigenvalue weighted by Gasteiger charge is -2.03. The number of hydrogen-bond acceptors (Lipinski definition) is 1. The molecule has 0 bridgehead atoms. The van der Waals surface area contributed by atoms with Gasteiger partial charge in [-0.1, -0.05) is 36.4 Å². The molecule has 0 radical (unpaired) electrons. The zero-order valence-corrected chi connectivity index (χ0v) is 7.56. The highest BCUT2D eigenvalue weighted by molar-refractivity contribution is 6.66. The molecular formula is C9H12OSi. The maximum absolute atomic E-state index is 9.59. The predicted molar refractivity (Wildman–Crippen MR) is 50.4 cm³/mol. The molecule has 0 spiro atoms. The van der Waals surface area contributed by atoms with E-state index in [1.165, 1.54) is 0 Å². The van der Waals surface area contributed by atoms with Crippen LogP contribution in [0.3, 0.4) is 0 Å². The van der Waals surface area contributed by atoms with Crippen molar-refractivity contribution in [3.05, 3.63) is 43.0 Å². The highest BCUT2D eigenvalue weighted by Gasteiger charge is 2.05. The molecule has 0 saturated heterocycles. The molecule has 0 aromatic heterocycles. The van der Waals surface area contributed by atoms with Crippen LogP contribution in [0.15, 0.2) is 43.0 Å². The maximum Gasteiger partial charge on any atom is 0.207 e. The molecule has 2 heteroatoms. The Morgan fingerprint density at radius 3 is 2.55 bits per heavy atom. The van der Waals surface area contributed by atoms with Crippen LogP contribution < -0.4 is 5.19 Å². The Hall–Kier alpha value is -0.863. The van der Waals surface area contributed by atoms with E-state index in [9.17, 15) is 4.80 Å². The predicted octanol–water partition coefficient (Wildman–Crippen LogP) is 0.796. The summed E-state index contributed by atoms with van der Waals surface area (Å²) in [4.78, 5) is 9.59. The molecule has 1 aromatic carbocycles. The molecule has 1 unspecified atom stereocenters. The molecule has 1 nitrogen and oxygen atoms in total.